The van der Waals surface area contributed by atoms with Gasteiger partial charge in [0.2, 0.25) is 5.28 Å². The van der Waals surface area contributed by atoms with Crippen LogP contribution in [0, 0.1) is 0 Å². The number of fused-ring (bicyclic) bond motifs is 3. The summed E-state index contributed by atoms with van der Waals surface area (Å²) in [5.74, 6) is 1.10. The van der Waals surface area contributed by atoms with Crippen LogP contribution in [0.3, 0.4) is 0 Å². The Morgan fingerprint density at radius 2 is 1.11 bits per heavy atom. The molecule has 0 aliphatic heterocycles. The molecule has 2 heterocycles. The summed E-state index contributed by atoms with van der Waals surface area (Å²) in [6.45, 7) is 0. The first-order valence-electron chi connectivity index (χ1n) is 12.4. The Kier molecular flexibility index (Phi) is 5.46. The average Bonchev–Trinajstić information content (AvgIpc) is 3.33. The summed E-state index contributed by atoms with van der Waals surface area (Å²) in [7, 11) is 0. The Morgan fingerprint density at radius 1 is 0.500 bits per heavy atom. The summed E-state index contributed by atoms with van der Waals surface area (Å²) in [5.41, 5.74) is 7.42. The molecule has 0 saturated heterocycles. The molecule has 0 bridgehead atoms. The highest BCUT2D eigenvalue weighted by Gasteiger charge is 2.21. The Labute approximate surface area is 224 Å². The van der Waals surface area contributed by atoms with Gasteiger partial charge < -0.3 is 4.57 Å². The van der Waals surface area contributed by atoms with E-state index in [4.69, 9.17) is 16.6 Å². The second kappa shape index (κ2) is 9.25. The molecule has 0 saturated carbocycles. The Balaban J connectivity index is 1.59. The molecule has 4 nitrogen and oxygen atoms in total. The lowest BCUT2D eigenvalue weighted by Gasteiger charge is -2.11. The Morgan fingerprint density at radius 3 is 1.84 bits per heavy atom. The van der Waals surface area contributed by atoms with Gasteiger partial charge in [0.15, 0.2) is 11.6 Å². The molecule has 180 valence electrons. The van der Waals surface area contributed by atoms with Crippen molar-refractivity contribution in [2.45, 2.75) is 0 Å². The van der Waals surface area contributed by atoms with Crippen molar-refractivity contribution in [3.8, 4) is 39.6 Å². The third-order valence-electron chi connectivity index (χ3n) is 6.79. The van der Waals surface area contributed by atoms with E-state index >= 15 is 0 Å². The molecule has 5 heteroatoms. The van der Waals surface area contributed by atoms with Crippen LogP contribution < -0.4 is 0 Å². The van der Waals surface area contributed by atoms with Gasteiger partial charge in [0, 0.05) is 33.2 Å². The van der Waals surface area contributed by atoms with Gasteiger partial charge in [-0.15, -0.1) is 0 Å². The molecule has 2 aromatic heterocycles. The van der Waals surface area contributed by atoms with Crippen molar-refractivity contribution in [3.63, 3.8) is 0 Å². The highest BCUT2D eigenvalue weighted by molar-refractivity contribution is 6.28. The highest BCUT2D eigenvalue weighted by atomic mass is 35.5. The predicted octanol–water partition coefficient (Wildman–Crippen LogP) is 8.62. The fourth-order valence-electron chi connectivity index (χ4n) is 5.19. The molecular formula is C33H21ClN4. The number of rotatable bonds is 4. The molecule has 0 N–H and O–H groups in total. The van der Waals surface area contributed by atoms with Crippen molar-refractivity contribution >= 4 is 33.4 Å². The normalized spacial score (nSPS) is 11.3. The number of aromatic nitrogens is 4. The molecule has 0 radical (unpaired) electrons. The maximum atomic E-state index is 6.46. The molecule has 0 aliphatic rings. The number of benzene rings is 5. The number of halogens is 1. The van der Waals surface area contributed by atoms with Gasteiger partial charge in [-0.1, -0.05) is 109 Å². The topological polar surface area (TPSA) is 43.6 Å². The maximum absolute atomic E-state index is 6.46. The Hall–Kier alpha value is -4.80. The monoisotopic (exact) mass is 508 g/mol. The molecular weight excluding hydrogens is 488 g/mol. The first-order valence-corrected chi connectivity index (χ1v) is 12.8. The lowest BCUT2D eigenvalue weighted by atomic mass is 10.0. The SMILES string of the molecule is Clc1nc(-c2ccccc2)nc(-c2cccc3c2c2cccc(-c4ccccc4)c2n3-c2ccccc2)n1. The van der Waals surface area contributed by atoms with Crippen molar-refractivity contribution in [1.29, 1.82) is 0 Å². The first-order chi connectivity index (χ1) is 18.8. The second-order valence-electron chi connectivity index (χ2n) is 9.06. The van der Waals surface area contributed by atoms with Gasteiger partial charge in [-0.2, -0.15) is 9.97 Å². The van der Waals surface area contributed by atoms with Crippen molar-refractivity contribution in [1.82, 2.24) is 19.5 Å². The fraction of sp³-hybridized carbons (Fsp3) is 0. The fourth-order valence-corrected chi connectivity index (χ4v) is 5.35. The number of hydrogen-bond acceptors (Lipinski definition) is 3. The quantitative estimate of drug-likeness (QED) is 0.239. The highest BCUT2D eigenvalue weighted by Crippen LogP contribution is 2.41. The summed E-state index contributed by atoms with van der Waals surface area (Å²) >= 11 is 6.46. The van der Waals surface area contributed by atoms with E-state index in [0.717, 1.165) is 49.7 Å². The Bertz CT molecular complexity index is 1910. The van der Waals surface area contributed by atoms with Crippen molar-refractivity contribution < 1.29 is 0 Å². The minimum Gasteiger partial charge on any atom is -0.309 e. The molecule has 5 aromatic carbocycles. The molecule has 0 amide bonds. The van der Waals surface area contributed by atoms with Gasteiger partial charge in [-0.05, 0) is 35.4 Å². The average molecular weight is 509 g/mol. The number of hydrogen-bond donors (Lipinski definition) is 0. The van der Waals surface area contributed by atoms with Crippen LogP contribution in [0.5, 0.6) is 0 Å². The standard InChI is InChI=1S/C33H21ClN4/c34-33-36-31(23-14-6-2-7-15-23)35-32(37-33)27-20-11-21-28-29(27)26-19-10-18-25(22-12-4-1-5-13-22)30(26)38(28)24-16-8-3-9-17-24/h1-21H. The first kappa shape index (κ1) is 22.4. The maximum Gasteiger partial charge on any atom is 0.226 e. The summed E-state index contributed by atoms with van der Waals surface area (Å²) in [4.78, 5) is 13.9. The van der Waals surface area contributed by atoms with Crippen LogP contribution in [0.4, 0.5) is 0 Å². The van der Waals surface area contributed by atoms with E-state index in [9.17, 15) is 0 Å². The molecule has 0 aliphatic carbocycles. The van der Waals surface area contributed by atoms with Crippen LogP contribution in [0.25, 0.3) is 61.4 Å². The van der Waals surface area contributed by atoms with Crippen molar-refractivity contribution in [2.24, 2.45) is 0 Å². The zero-order chi connectivity index (χ0) is 25.5. The largest absolute Gasteiger partial charge is 0.309 e. The van der Waals surface area contributed by atoms with E-state index in [1.807, 2.05) is 42.5 Å². The van der Waals surface area contributed by atoms with Gasteiger partial charge in [-0.3, -0.25) is 0 Å². The lowest BCUT2D eigenvalue weighted by molar-refractivity contribution is 1.07. The van der Waals surface area contributed by atoms with E-state index in [0.29, 0.717) is 11.6 Å². The third-order valence-corrected chi connectivity index (χ3v) is 6.96. The summed E-state index contributed by atoms with van der Waals surface area (Å²) < 4.78 is 2.33. The zero-order valence-electron chi connectivity index (χ0n) is 20.3. The smallest absolute Gasteiger partial charge is 0.226 e. The second-order valence-corrected chi connectivity index (χ2v) is 9.39. The minimum absolute atomic E-state index is 0.169. The van der Waals surface area contributed by atoms with Crippen LogP contribution in [-0.4, -0.2) is 19.5 Å². The summed E-state index contributed by atoms with van der Waals surface area (Å²) in [5, 5.41) is 2.37. The molecule has 38 heavy (non-hydrogen) atoms. The van der Waals surface area contributed by atoms with Gasteiger partial charge in [0.05, 0.1) is 11.0 Å². The van der Waals surface area contributed by atoms with E-state index in [1.54, 1.807) is 0 Å². The third kappa shape index (κ3) is 3.74. The zero-order valence-corrected chi connectivity index (χ0v) is 21.0. The summed E-state index contributed by atoms with van der Waals surface area (Å²) in [6.07, 6.45) is 0. The van der Waals surface area contributed by atoms with Crippen LogP contribution in [0.1, 0.15) is 0 Å². The van der Waals surface area contributed by atoms with Gasteiger partial charge in [0.1, 0.15) is 0 Å². The molecule has 7 rings (SSSR count). The van der Waals surface area contributed by atoms with Crippen LogP contribution in [0.15, 0.2) is 127 Å². The summed E-state index contributed by atoms with van der Waals surface area (Å²) in [6, 6.07) is 43.6. The van der Waals surface area contributed by atoms with Gasteiger partial charge in [-0.25, -0.2) is 4.98 Å². The van der Waals surface area contributed by atoms with E-state index < -0.39 is 0 Å². The minimum atomic E-state index is 0.169. The molecule has 0 fully saturated rings. The lowest BCUT2D eigenvalue weighted by Crippen LogP contribution is -1.98. The predicted molar refractivity (Wildman–Crippen MR) is 155 cm³/mol. The molecule has 0 spiro atoms. The van der Waals surface area contributed by atoms with Crippen LogP contribution >= 0.6 is 11.6 Å². The van der Waals surface area contributed by atoms with Crippen molar-refractivity contribution in [3.05, 3.63) is 133 Å². The number of nitrogens with zero attached hydrogens (tertiary/aromatic N) is 4. The molecule has 0 atom stereocenters. The van der Waals surface area contributed by atoms with E-state index in [2.05, 4.69) is 99.5 Å². The van der Waals surface area contributed by atoms with Gasteiger partial charge in [0.25, 0.3) is 0 Å². The molecule has 7 aromatic rings. The van der Waals surface area contributed by atoms with Crippen molar-refractivity contribution in [2.75, 3.05) is 0 Å². The van der Waals surface area contributed by atoms with Crippen LogP contribution in [0.2, 0.25) is 5.28 Å². The number of para-hydroxylation sites is 2. The van der Waals surface area contributed by atoms with E-state index in [1.165, 1.54) is 0 Å². The van der Waals surface area contributed by atoms with E-state index in [-0.39, 0.29) is 5.28 Å². The molecule has 0 unspecified atom stereocenters. The van der Waals surface area contributed by atoms with Gasteiger partial charge >= 0.3 is 0 Å². The van der Waals surface area contributed by atoms with Crippen LogP contribution in [-0.2, 0) is 0 Å².